The van der Waals surface area contributed by atoms with E-state index in [4.69, 9.17) is 4.74 Å². The summed E-state index contributed by atoms with van der Waals surface area (Å²) in [6.07, 6.45) is 2.74. The number of aromatic nitrogens is 2. The van der Waals surface area contributed by atoms with Gasteiger partial charge in [-0.1, -0.05) is 13.8 Å². The van der Waals surface area contributed by atoms with Gasteiger partial charge in [-0.2, -0.15) is 0 Å². The van der Waals surface area contributed by atoms with Crippen molar-refractivity contribution >= 4 is 0 Å². The quantitative estimate of drug-likeness (QED) is 0.715. The van der Waals surface area contributed by atoms with E-state index in [1.165, 1.54) is 0 Å². The van der Waals surface area contributed by atoms with E-state index in [9.17, 15) is 0 Å². The molecular weight excluding hydrogens is 190 g/mol. The first-order valence-corrected chi connectivity index (χ1v) is 5.44. The van der Waals surface area contributed by atoms with E-state index < -0.39 is 0 Å². The molecule has 0 amide bonds. The molecule has 86 valence electrons. The van der Waals surface area contributed by atoms with Crippen molar-refractivity contribution < 1.29 is 4.74 Å². The molecule has 0 aromatic carbocycles. The highest BCUT2D eigenvalue weighted by Gasteiger charge is 2.00. The maximum absolute atomic E-state index is 4.99. The highest BCUT2D eigenvalue weighted by atomic mass is 16.5. The first-order valence-electron chi connectivity index (χ1n) is 5.44. The van der Waals surface area contributed by atoms with Crippen molar-refractivity contribution in [3.05, 3.63) is 17.7 Å². The van der Waals surface area contributed by atoms with Crippen LogP contribution in [0.4, 0.5) is 0 Å². The lowest BCUT2D eigenvalue weighted by atomic mass is 10.2. The van der Waals surface area contributed by atoms with Crippen molar-refractivity contribution in [3.8, 4) is 0 Å². The summed E-state index contributed by atoms with van der Waals surface area (Å²) in [5, 5.41) is 3.37. The predicted molar refractivity (Wildman–Crippen MR) is 60.7 cm³/mol. The first kappa shape index (κ1) is 12.2. The Morgan fingerprint density at radius 3 is 3.00 bits per heavy atom. The maximum atomic E-state index is 4.99. The average molecular weight is 211 g/mol. The minimum atomic E-state index is 0.681. The zero-order chi connectivity index (χ0) is 11.1. The van der Waals surface area contributed by atoms with Gasteiger partial charge in [0.1, 0.15) is 5.82 Å². The molecule has 0 aliphatic heterocycles. The monoisotopic (exact) mass is 211 g/mol. The number of imidazole rings is 1. The average Bonchev–Trinajstić information content (AvgIpc) is 2.62. The van der Waals surface area contributed by atoms with Crippen LogP contribution in [0.25, 0.3) is 0 Å². The third kappa shape index (κ3) is 4.95. The SMILES string of the molecule is COCCc1ncc(CNCC(C)C)[nH]1. The Labute approximate surface area is 91.4 Å². The second kappa shape index (κ2) is 6.58. The zero-order valence-electron chi connectivity index (χ0n) is 9.84. The van der Waals surface area contributed by atoms with E-state index in [0.29, 0.717) is 12.5 Å². The van der Waals surface area contributed by atoms with Gasteiger partial charge >= 0.3 is 0 Å². The van der Waals surface area contributed by atoms with Crippen LogP contribution in [-0.4, -0.2) is 30.2 Å². The molecule has 0 aliphatic carbocycles. The summed E-state index contributed by atoms with van der Waals surface area (Å²) < 4.78 is 4.99. The van der Waals surface area contributed by atoms with Gasteiger partial charge in [-0.25, -0.2) is 4.98 Å². The van der Waals surface area contributed by atoms with Gasteiger partial charge in [-0.3, -0.25) is 0 Å². The van der Waals surface area contributed by atoms with Crippen molar-refractivity contribution in [1.82, 2.24) is 15.3 Å². The number of rotatable bonds is 7. The van der Waals surface area contributed by atoms with Gasteiger partial charge in [0.2, 0.25) is 0 Å². The number of hydrogen-bond donors (Lipinski definition) is 2. The van der Waals surface area contributed by atoms with Gasteiger partial charge in [0.05, 0.1) is 6.61 Å². The molecule has 0 saturated heterocycles. The van der Waals surface area contributed by atoms with Crippen LogP contribution < -0.4 is 5.32 Å². The van der Waals surface area contributed by atoms with E-state index in [1.54, 1.807) is 7.11 Å². The number of nitrogens with one attached hydrogen (secondary N) is 2. The van der Waals surface area contributed by atoms with Gasteiger partial charge in [0.15, 0.2) is 0 Å². The Balaban J connectivity index is 2.26. The molecule has 1 aromatic rings. The zero-order valence-corrected chi connectivity index (χ0v) is 9.84. The first-order chi connectivity index (χ1) is 7.22. The van der Waals surface area contributed by atoms with Crippen molar-refractivity contribution in [1.29, 1.82) is 0 Å². The van der Waals surface area contributed by atoms with Gasteiger partial charge < -0.3 is 15.0 Å². The van der Waals surface area contributed by atoms with Crippen LogP contribution in [0.2, 0.25) is 0 Å². The van der Waals surface area contributed by atoms with E-state index in [1.807, 2.05) is 6.20 Å². The number of hydrogen-bond acceptors (Lipinski definition) is 3. The van der Waals surface area contributed by atoms with E-state index >= 15 is 0 Å². The van der Waals surface area contributed by atoms with Crippen molar-refractivity contribution in [2.45, 2.75) is 26.8 Å². The summed E-state index contributed by atoms with van der Waals surface area (Å²) in [5.74, 6) is 1.68. The van der Waals surface area contributed by atoms with Gasteiger partial charge in [-0.05, 0) is 12.5 Å². The standard InChI is InChI=1S/C11H21N3O/c1-9(2)6-12-7-10-8-13-11(14-10)4-5-15-3/h8-9,12H,4-7H2,1-3H3,(H,13,14). The number of nitrogens with zero attached hydrogens (tertiary/aromatic N) is 1. The summed E-state index contributed by atoms with van der Waals surface area (Å²) in [6.45, 7) is 7.00. The lowest BCUT2D eigenvalue weighted by Crippen LogP contribution is -2.19. The van der Waals surface area contributed by atoms with Gasteiger partial charge in [0, 0.05) is 32.0 Å². The minimum Gasteiger partial charge on any atom is -0.384 e. The van der Waals surface area contributed by atoms with Crippen molar-refractivity contribution in [2.24, 2.45) is 5.92 Å². The Morgan fingerprint density at radius 1 is 1.53 bits per heavy atom. The molecule has 0 unspecified atom stereocenters. The van der Waals surface area contributed by atoms with Crippen LogP contribution in [0.15, 0.2) is 6.20 Å². The second-order valence-electron chi connectivity index (χ2n) is 4.12. The third-order valence-electron chi connectivity index (χ3n) is 2.09. The molecule has 1 rings (SSSR count). The highest BCUT2D eigenvalue weighted by molar-refractivity contribution is 5.01. The lowest BCUT2D eigenvalue weighted by molar-refractivity contribution is 0.200. The van der Waals surface area contributed by atoms with Gasteiger partial charge in [-0.15, -0.1) is 0 Å². The van der Waals surface area contributed by atoms with E-state index in [2.05, 4.69) is 29.1 Å². The number of aromatic amines is 1. The van der Waals surface area contributed by atoms with Crippen LogP contribution in [0.5, 0.6) is 0 Å². The summed E-state index contributed by atoms with van der Waals surface area (Å²) in [6, 6.07) is 0. The molecular formula is C11H21N3O. The molecule has 0 saturated carbocycles. The summed E-state index contributed by atoms with van der Waals surface area (Å²) >= 11 is 0. The van der Waals surface area contributed by atoms with Crippen LogP contribution in [-0.2, 0) is 17.7 Å². The molecule has 0 bridgehead atoms. The largest absolute Gasteiger partial charge is 0.384 e. The molecule has 2 N–H and O–H groups in total. The molecule has 4 nitrogen and oxygen atoms in total. The van der Waals surface area contributed by atoms with Crippen LogP contribution >= 0.6 is 0 Å². The molecule has 0 aliphatic rings. The second-order valence-corrected chi connectivity index (χ2v) is 4.12. The summed E-state index contributed by atoms with van der Waals surface area (Å²) in [4.78, 5) is 7.54. The summed E-state index contributed by atoms with van der Waals surface area (Å²) in [7, 11) is 1.70. The molecule has 1 heterocycles. The Morgan fingerprint density at radius 2 is 2.33 bits per heavy atom. The third-order valence-corrected chi connectivity index (χ3v) is 2.09. The molecule has 0 spiro atoms. The Hall–Kier alpha value is -0.870. The fourth-order valence-corrected chi connectivity index (χ4v) is 1.32. The minimum absolute atomic E-state index is 0.681. The molecule has 0 atom stereocenters. The van der Waals surface area contributed by atoms with E-state index in [-0.39, 0.29) is 0 Å². The molecule has 15 heavy (non-hydrogen) atoms. The van der Waals surface area contributed by atoms with Crippen molar-refractivity contribution in [2.75, 3.05) is 20.3 Å². The highest BCUT2D eigenvalue weighted by Crippen LogP contribution is 1.98. The Kier molecular flexibility index (Phi) is 5.36. The van der Waals surface area contributed by atoms with Crippen molar-refractivity contribution in [3.63, 3.8) is 0 Å². The number of methoxy groups -OCH3 is 1. The molecule has 0 fully saturated rings. The number of H-pyrrole nitrogens is 1. The number of ether oxygens (including phenoxy) is 1. The molecule has 4 heteroatoms. The fraction of sp³-hybridized carbons (Fsp3) is 0.727. The van der Waals surface area contributed by atoms with Crippen LogP contribution in [0.1, 0.15) is 25.4 Å². The lowest BCUT2D eigenvalue weighted by Gasteiger charge is -2.05. The summed E-state index contributed by atoms with van der Waals surface area (Å²) in [5.41, 5.74) is 1.14. The van der Waals surface area contributed by atoms with Gasteiger partial charge in [0.25, 0.3) is 0 Å². The van der Waals surface area contributed by atoms with Crippen LogP contribution in [0.3, 0.4) is 0 Å². The molecule has 1 aromatic heterocycles. The topological polar surface area (TPSA) is 49.9 Å². The van der Waals surface area contributed by atoms with Crippen LogP contribution in [0, 0.1) is 5.92 Å². The normalized spacial score (nSPS) is 11.2. The fourth-order valence-electron chi connectivity index (χ4n) is 1.32. The maximum Gasteiger partial charge on any atom is 0.108 e. The predicted octanol–water partition coefficient (Wildman–Crippen LogP) is 1.34. The Bertz CT molecular complexity index is 271. The molecule has 0 radical (unpaired) electrons. The smallest absolute Gasteiger partial charge is 0.108 e. The van der Waals surface area contributed by atoms with E-state index in [0.717, 1.165) is 31.0 Å².